The number of rotatable bonds is 1. The van der Waals surface area contributed by atoms with Gasteiger partial charge in [0.15, 0.2) is 11.6 Å². The van der Waals surface area contributed by atoms with Gasteiger partial charge in [-0.3, -0.25) is 4.68 Å². The highest BCUT2D eigenvalue weighted by Gasteiger charge is 2.40. The molecule has 0 unspecified atom stereocenters. The summed E-state index contributed by atoms with van der Waals surface area (Å²) in [4.78, 5) is 0. The van der Waals surface area contributed by atoms with Crippen LogP contribution in [0.3, 0.4) is 0 Å². The normalized spacial score (nSPS) is 20.9. The van der Waals surface area contributed by atoms with Crippen LogP contribution in [-0.4, -0.2) is 9.78 Å². The first kappa shape index (κ1) is 9.49. The molecule has 78 valence electrons. The smallest absolute Gasteiger partial charge is 0.188 e. The molecule has 1 aromatic heterocycles. The van der Waals surface area contributed by atoms with E-state index in [1.165, 1.54) is 4.68 Å². The first-order valence-electron chi connectivity index (χ1n) is 4.88. The number of hydrogen-bond acceptors (Lipinski definition) is 2. The van der Waals surface area contributed by atoms with E-state index in [4.69, 9.17) is 5.73 Å². The summed E-state index contributed by atoms with van der Waals surface area (Å²) in [6, 6.07) is 0. The Labute approximate surface area is 83.1 Å². The van der Waals surface area contributed by atoms with Gasteiger partial charge < -0.3 is 5.73 Å². The molecule has 0 aliphatic heterocycles. The molecule has 0 bridgehead atoms. The topological polar surface area (TPSA) is 43.8 Å². The number of anilines is 1. The molecular weight excluding hydrogens is 181 g/mol. The van der Waals surface area contributed by atoms with E-state index in [0.717, 1.165) is 12.8 Å². The van der Waals surface area contributed by atoms with Crippen LogP contribution >= 0.6 is 0 Å². The van der Waals surface area contributed by atoms with E-state index < -0.39 is 0 Å². The van der Waals surface area contributed by atoms with Gasteiger partial charge in [-0.2, -0.15) is 5.10 Å². The van der Waals surface area contributed by atoms with Crippen molar-refractivity contribution >= 4 is 5.82 Å². The van der Waals surface area contributed by atoms with Crippen LogP contribution in [0.25, 0.3) is 0 Å². The van der Waals surface area contributed by atoms with Crippen molar-refractivity contribution < 1.29 is 4.39 Å². The molecule has 2 N–H and O–H groups in total. The lowest BCUT2D eigenvalue weighted by atomic mass is 9.63. The summed E-state index contributed by atoms with van der Waals surface area (Å²) in [6.07, 6.45) is 2.00. The van der Waals surface area contributed by atoms with Gasteiger partial charge in [0, 0.05) is 13.0 Å². The molecule has 14 heavy (non-hydrogen) atoms. The first-order chi connectivity index (χ1) is 6.41. The van der Waals surface area contributed by atoms with E-state index >= 15 is 0 Å². The predicted octanol–water partition coefficient (Wildman–Crippen LogP) is 2.04. The second-order valence-electron chi connectivity index (χ2n) is 4.98. The molecule has 2 rings (SSSR count). The second-order valence-corrected chi connectivity index (χ2v) is 4.98. The van der Waals surface area contributed by atoms with Crippen LogP contribution in [0, 0.1) is 11.2 Å². The number of nitrogens with zero attached hydrogens (tertiary/aromatic N) is 2. The number of aromatic nitrogens is 2. The van der Waals surface area contributed by atoms with Gasteiger partial charge in [-0.25, -0.2) is 4.39 Å². The average molecular weight is 197 g/mol. The third-order valence-corrected chi connectivity index (χ3v) is 3.04. The summed E-state index contributed by atoms with van der Waals surface area (Å²) in [5.74, 6) is 0.0752. The lowest BCUT2D eigenvalue weighted by molar-refractivity contribution is 0.145. The summed E-state index contributed by atoms with van der Waals surface area (Å²) in [6.45, 7) is 4.38. The standard InChI is InChI=1S/C10H16FN3/c1-10(2)4-6(5-10)8-7(11)9(12)14(3)13-8/h6H,4-5,12H2,1-3H3. The van der Waals surface area contributed by atoms with E-state index in [0.29, 0.717) is 11.1 Å². The Hall–Kier alpha value is -1.06. The van der Waals surface area contributed by atoms with E-state index in [1.807, 2.05) is 0 Å². The van der Waals surface area contributed by atoms with Gasteiger partial charge in [-0.1, -0.05) is 13.8 Å². The number of nitrogen functional groups attached to an aromatic ring is 1. The van der Waals surface area contributed by atoms with Crippen molar-refractivity contribution in [2.45, 2.75) is 32.6 Å². The highest BCUT2D eigenvalue weighted by Crippen LogP contribution is 2.50. The molecule has 0 radical (unpaired) electrons. The van der Waals surface area contributed by atoms with Gasteiger partial charge in [0.05, 0.1) is 0 Å². The molecule has 3 nitrogen and oxygen atoms in total. The molecular formula is C10H16FN3. The quantitative estimate of drug-likeness (QED) is 0.748. The molecule has 0 aromatic carbocycles. The Morgan fingerprint density at radius 1 is 1.50 bits per heavy atom. The van der Waals surface area contributed by atoms with Crippen molar-refractivity contribution in [2.24, 2.45) is 12.5 Å². The van der Waals surface area contributed by atoms with Crippen LogP contribution in [-0.2, 0) is 7.05 Å². The van der Waals surface area contributed by atoms with Crippen LogP contribution < -0.4 is 5.73 Å². The number of hydrogen-bond donors (Lipinski definition) is 1. The third kappa shape index (κ3) is 1.29. The van der Waals surface area contributed by atoms with Crippen molar-refractivity contribution in [1.82, 2.24) is 9.78 Å². The lowest BCUT2D eigenvalue weighted by Gasteiger charge is -2.41. The molecule has 1 aliphatic rings. The molecule has 1 aromatic rings. The Kier molecular flexibility index (Phi) is 1.84. The zero-order valence-electron chi connectivity index (χ0n) is 8.84. The summed E-state index contributed by atoms with van der Waals surface area (Å²) < 4.78 is 14.9. The van der Waals surface area contributed by atoms with Crippen molar-refractivity contribution in [1.29, 1.82) is 0 Å². The van der Waals surface area contributed by atoms with Gasteiger partial charge >= 0.3 is 0 Å². The maximum atomic E-state index is 13.5. The van der Waals surface area contributed by atoms with Gasteiger partial charge in [0.1, 0.15) is 5.69 Å². The highest BCUT2D eigenvalue weighted by molar-refractivity contribution is 5.35. The molecule has 1 aliphatic carbocycles. The Morgan fingerprint density at radius 2 is 2.07 bits per heavy atom. The molecule has 0 saturated heterocycles. The molecule has 0 spiro atoms. The maximum absolute atomic E-state index is 13.5. The minimum Gasteiger partial charge on any atom is -0.381 e. The molecule has 1 fully saturated rings. The SMILES string of the molecule is Cn1nc(C2CC(C)(C)C2)c(F)c1N. The van der Waals surface area contributed by atoms with Crippen molar-refractivity contribution in [2.75, 3.05) is 5.73 Å². The number of halogens is 1. The Balaban J connectivity index is 2.23. The fourth-order valence-corrected chi connectivity index (χ4v) is 2.26. The average Bonchev–Trinajstić information content (AvgIpc) is 2.28. The monoisotopic (exact) mass is 197 g/mol. The minimum absolute atomic E-state index is 0.143. The van der Waals surface area contributed by atoms with Crippen LogP contribution in [0.2, 0.25) is 0 Å². The van der Waals surface area contributed by atoms with Crippen LogP contribution in [0.5, 0.6) is 0 Å². The molecule has 4 heteroatoms. The Bertz CT molecular complexity index is 360. The Morgan fingerprint density at radius 3 is 2.43 bits per heavy atom. The van der Waals surface area contributed by atoms with Crippen molar-refractivity contribution in [3.05, 3.63) is 11.5 Å². The fourth-order valence-electron chi connectivity index (χ4n) is 2.26. The first-order valence-corrected chi connectivity index (χ1v) is 4.88. The van der Waals surface area contributed by atoms with E-state index in [2.05, 4.69) is 18.9 Å². The summed E-state index contributed by atoms with van der Waals surface area (Å²) in [7, 11) is 1.67. The largest absolute Gasteiger partial charge is 0.381 e. The van der Waals surface area contributed by atoms with Gasteiger partial charge in [-0.05, 0) is 18.3 Å². The lowest BCUT2D eigenvalue weighted by Crippen LogP contribution is -2.30. The van der Waals surface area contributed by atoms with Crippen LogP contribution in [0.4, 0.5) is 10.2 Å². The van der Waals surface area contributed by atoms with Gasteiger partial charge in [0.2, 0.25) is 0 Å². The van der Waals surface area contributed by atoms with E-state index in [1.54, 1.807) is 7.05 Å². The van der Waals surface area contributed by atoms with Crippen LogP contribution in [0.1, 0.15) is 38.3 Å². The zero-order chi connectivity index (χ0) is 10.5. The van der Waals surface area contributed by atoms with Crippen molar-refractivity contribution in [3.63, 3.8) is 0 Å². The maximum Gasteiger partial charge on any atom is 0.188 e. The fraction of sp³-hybridized carbons (Fsp3) is 0.700. The predicted molar refractivity (Wildman–Crippen MR) is 53.3 cm³/mol. The van der Waals surface area contributed by atoms with Crippen molar-refractivity contribution in [3.8, 4) is 0 Å². The number of nitrogens with two attached hydrogens (primary N) is 1. The van der Waals surface area contributed by atoms with Gasteiger partial charge in [0.25, 0.3) is 0 Å². The minimum atomic E-state index is -0.326. The van der Waals surface area contributed by atoms with E-state index in [9.17, 15) is 4.39 Å². The molecule has 1 saturated carbocycles. The summed E-state index contributed by atoms with van der Waals surface area (Å²) in [5, 5.41) is 4.11. The van der Waals surface area contributed by atoms with E-state index in [-0.39, 0.29) is 17.6 Å². The third-order valence-electron chi connectivity index (χ3n) is 3.04. The number of aryl methyl sites for hydroxylation is 1. The highest BCUT2D eigenvalue weighted by atomic mass is 19.1. The molecule has 1 heterocycles. The second kappa shape index (κ2) is 2.72. The van der Waals surface area contributed by atoms with Crippen LogP contribution in [0.15, 0.2) is 0 Å². The van der Waals surface area contributed by atoms with Gasteiger partial charge in [-0.15, -0.1) is 0 Å². The summed E-state index contributed by atoms with van der Waals surface area (Å²) in [5.41, 5.74) is 6.39. The zero-order valence-corrected chi connectivity index (χ0v) is 8.84. The molecule has 0 amide bonds. The molecule has 0 atom stereocenters. The summed E-state index contributed by atoms with van der Waals surface area (Å²) >= 11 is 0.